The van der Waals surface area contributed by atoms with Crippen molar-refractivity contribution in [3.8, 4) is 11.3 Å². The van der Waals surface area contributed by atoms with Crippen molar-refractivity contribution in [2.24, 2.45) is 0 Å². The predicted molar refractivity (Wildman–Crippen MR) is 143 cm³/mol. The van der Waals surface area contributed by atoms with Crippen LogP contribution in [0.25, 0.3) is 11.3 Å². The molecule has 1 aromatic carbocycles. The minimum Gasteiger partial charge on any atom is -0.369 e. The maximum absolute atomic E-state index is 13.0. The predicted octanol–water partition coefficient (Wildman–Crippen LogP) is 3.58. The van der Waals surface area contributed by atoms with E-state index >= 15 is 0 Å². The molecular formula is C27H33N7O2. The van der Waals surface area contributed by atoms with Crippen LogP contribution in [0.3, 0.4) is 0 Å². The smallest absolute Gasteiger partial charge is 0.271 e. The van der Waals surface area contributed by atoms with Gasteiger partial charge in [0.25, 0.3) is 11.5 Å². The number of hydrogen-bond acceptors (Lipinski definition) is 7. The van der Waals surface area contributed by atoms with E-state index in [0.717, 1.165) is 25.3 Å². The van der Waals surface area contributed by atoms with Gasteiger partial charge in [-0.15, -0.1) is 0 Å². The van der Waals surface area contributed by atoms with Crippen LogP contribution in [0, 0.1) is 0 Å². The summed E-state index contributed by atoms with van der Waals surface area (Å²) in [6, 6.07) is 9.84. The molecule has 9 heteroatoms. The molecule has 3 aromatic rings. The summed E-state index contributed by atoms with van der Waals surface area (Å²) in [5, 5.41) is 5.88. The number of H-pyrrole nitrogens is 1. The summed E-state index contributed by atoms with van der Waals surface area (Å²) in [6.07, 6.45) is 9.84. The summed E-state index contributed by atoms with van der Waals surface area (Å²) in [6.45, 7) is 7.27. The fourth-order valence-corrected chi connectivity index (χ4v) is 5.12. The van der Waals surface area contributed by atoms with Crippen molar-refractivity contribution in [1.82, 2.24) is 19.9 Å². The van der Waals surface area contributed by atoms with Crippen LogP contribution < -0.4 is 21.1 Å². The SMILES string of the molecule is CCNc1cncc(-c2c[nH]c(=O)c(NC(=O)c3ccc(N4CCC[C@H]4CN4CCCC4)cc3)c2)n1. The highest BCUT2D eigenvalue weighted by Gasteiger charge is 2.27. The first-order chi connectivity index (χ1) is 17.6. The van der Waals surface area contributed by atoms with Crippen LogP contribution in [0.4, 0.5) is 17.2 Å². The number of carbonyl (C=O) groups excluding carboxylic acids is 1. The Morgan fingerprint density at radius 2 is 1.92 bits per heavy atom. The number of anilines is 3. The normalized spacial score (nSPS) is 17.9. The number of aromatic nitrogens is 3. The van der Waals surface area contributed by atoms with Gasteiger partial charge in [0.15, 0.2) is 0 Å². The van der Waals surface area contributed by atoms with Crippen LogP contribution in [0.15, 0.2) is 53.7 Å². The fourth-order valence-electron chi connectivity index (χ4n) is 5.12. The standard InChI is InChI=1S/C27H33N7O2/c1-2-29-25-17-28-16-24(31-25)20-14-23(27(36)30-15-20)32-26(35)19-7-9-21(10-8-19)34-13-5-6-22(34)18-33-11-3-4-12-33/h7-10,14-17,22H,2-6,11-13,18H2,1H3,(H,29,31)(H,30,36)(H,32,35)/t22-/m0/s1. The molecule has 0 bridgehead atoms. The Morgan fingerprint density at radius 1 is 1.11 bits per heavy atom. The maximum Gasteiger partial charge on any atom is 0.271 e. The zero-order valence-electron chi connectivity index (χ0n) is 20.7. The first-order valence-electron chi connectivity index (χ1n) is 12.8. The van der Waals surface area contributed by atoms with Gasteiger partial charge in [-0.3, -0.25) is 14.6 Å². The van der Waals surface area contributed by atoms with Crippen LogP contribution in [0.5, 0.6) is 0 Å². The molecule has 0 saturated carbocycles. The minimum atomic E-state index is -0.374. The molecule has 3 N–H and O–H groups in total. The van der Waals surface area contributed by atoms with Crippen molar-refractivity contribution >= 4 is 23.1 Å². The van der Waals surface area contributed by atoms with E-state index in [9.17, 15) is 9.59 Å². The van der Waals surface area contributed by atoms with Gasteiger partial charge in [-0.2, -0.15) is 0 Å². The van der Waals surface area contributed by atoms with Crippen molar-refractivity contribution in [2.75, 3.05) is 48.3 Å². The number of pyridine rings is 1. The van der Waals surface area contributed by atoms with E-state index in [0.29, 0.717) is 28.7 Å². The summed E-state index contributed by atoms with van der Waals surface area (Å²) >= 11 is 0. The van der Waals surface area contributed by atoms with Gasteiger partial charge < -0.3 is 25.4 Å². The molecule has 0 spiro atoms. The molecule has 0 radical (unpaired) electrons. The van der Waals surface area contributed by atoms with Crippen molar-refractivity contribution in [2.45, 2.75) is 38.6 Å². The Bertz CT molecular complexity index is 1250. The second-order valence-electron chi connectivity index (χ2n) is 9.45. The van der Waals surface area contributed by atoms with Gasteiger partial charge in [0, 0.05) is 48.7 Å². The molecule has 188 valence electrons. The number of benzene rings is 1. The van der Waals surface area contributed by atoms with E-state index in [4.69, 9.17) is 0 Å². The first-order valence-corrected chi connectivity index (χ1v) is 12.8. The number of aromatic amines is 1. The highest BCUT2D eigenvalue weighted by molar-refractivity contribution is 6.04. The highest BCUT2D eigenvalue weighted by Crippen LogP contribution is 2.27. The van der Waals surface area contributed by atoms with Gasteiger partial charge in [-0.05, 0) is 76.0 Å². The van der Waals surface area contributed by atoms with Crippen LogP contribution in [-0.2, 0) is 0 Å². The minimum absolute atomic E-state index is 0.169. The number of nitrogens with zero attached hydrogens (tertiary/aromatic N) is 4. The number of nitrogens with one attached hydrogen (secondary N) is 3. The zero-order chi connectivity index (χ0) is 24.9. The van der Waals surface area contributed by atoms with Crippen molar-refractivity contribution < 1.29 is 4.79 Å². The molecule has 4 heterocycles. The third kappa shape index (κ3) is 5.41. The maximum atomic E-state index is 13.0. The molecule has 2 saturated heterocycles. The van der Waals surface area contributed by atoms with E-state index in [1.165, 1.54) is 38.8 Å². The van der Waals surface area contributed by atoms with E-state index in [-0.39, 0.29) is 17.2 Å². The largest absolute Gasteiger partial charge is 0.369 e. The van der Waals surface area contributed by atoms with Gasteiger partial charge in [-0.1, -0.05) is 0 Å². The summed E-state index contributed by atoms with van der Waals surface area (Å²) in [5.74, 6) is 0.319. The molecule has 2 aromatic heterocycles. The Hall–Kier alpha value is -3.72. The summed E-state index contributed by atoms with van der Waals surface area (Å²) in [5.41, 5.74) is 2.70. The molecule has 1 atom stereocenters. The second-order valence-corrected chi connectivity index (χ2v) is 9.45. The molecule has 5 rings (SSSR count). The highest BCUT2D eigenvalue weighted by atomic mass is 16.2. The number of rotatable bonds is 8. The topological polar surface area (TPSA) is 106 Å². The summed E-state index contributed by atoms with van der Waals surface area (Å²) < 4.78 is 0. The van der Waals surface area contributed by atoms with Gasteiger partial charge >= 0.3 is 0 Å². The van der Waals surface area contributed by atoms with Crippen molar-refractivity contribution in [3.05, 3.63) is 64.8 Å². The second kappa shape index (κ2) is 10.9. The fraction of sp³-hybridized carbons (Fsp3) is 0.407. The van der Waals surface area contributed by atoms with Crippen LogP contribution in [0.2, 0.25) is 0 Å². The van der Waals surface area contributed by atoms with Gasteiger partial charge in [0.05, 0.1) is 18.1 Å². The molecule has 9 nitrogen and oxygen atoms in total. The lowest BCUT2D eigenvalue weighted by Crippen LogP contribution is -2.39. The van der Waals surface area contributed by atoms with E-state index in [1.807, 2.05) is 31.2 Å². The number of carbonyl (C=O) groups is 1. The summed E-state index contributed by atoms with van der Waals surface area (Å²) in [7, 11) is 0. The van der Waals surface area contributed by atoms with E-state index in [1.54, 1.807) is 24.7 Å². The Balaban J connectivity index is 1.28. The quantitative estimate of drug-likeness (QED) is 0.446. The zero-order valence-corrected chi connectivity index (χ0v) is 20.7. The van der Waals surface area contributed by atoms with Gasteiger partial charge in [0.2, 0.25) is 0 Å². The van der Waals surface area contributed by atoms with Crippen molar-refractivity contribution in [3.63, 3.8) is 0 Å². The molecule has 2 fully saturated rings. The number of likely N-dealkylation sites (tertiary alicyclic amines) is 1. The van der Waals surface area contributed by atoms with Crippen molar-refractivity contribution in [1.29, 1.82) is 0 Å². The lowest BCUT2D eigenvalue weighted by molar-refractivity contribution is 0.102. The molecule has 0 aliphatic carbocycles. The lowest BCUT2D eigenvalue weighted by Gasteiger charge is -2.30. The third-order valence-corrected chi connectivity index (χ3v) is 6.95. The Morgan fingerprint density at radius 3 is 2.69 bits per heavy atom. The number of amides is 1. The van der Waals surface area contributed by atoms with Gasteiger partial charge in [-0.25, -0.2) is 4.98 Å². The summed E-state index contributed by atoms with van der Waals surface area (Å²) in [4.78, 5) is 41.8. The van der Waals surface area contributed by atoms with E-state index < -0.39 is 0 Å². The molecule has 2 aliphatic rings. The molecule has 1 amide bonds. The van der Waals surface area contributed by atoms with Crippen LogP contribution in [0.1, 0.15) is 43.0 Å². The lowest BCUT2D eigenvalue weighted by atomic mass is 10.1. The third-order valence-electron chi connectivity index (χ3n) is 6.95. The molecule has 36 heavy (non-hydrogen) atoms. The molecule has 0 unspecified atom stereocenters. The monoisotopic (exact) mass is 487 g/mol. The molecular weight excluding hydrogens is 454 g/mol. The van der Waals surface area contributed by atoms with Crippen LogP contribution in [-0.4, -0.2) is 64.5 Å². The number of hydrogen-bond donors (Lipinski definition) is 3. The average molecular weight is 488 g/mol. The average Bonchev–Trinajstić information content (AvgIpc) is 3.58. The molecule has 2 aliphatic heterocycles. The van der Waals surface area contributed by atoms with E-state index in [2.05, 4.69) is 35.4 Å². The van der Waals surface area contributed by atoms with Gasteiger partial charge in [0.1, 0.15) is 11.5 Å². The first kappa shape index (κ1) is 24.0. The Kier molecular flexibility index (Phi) is 7.27. The van der Waals surface area contributed by atoms with Crippen LogP contribution >= 0.6 is 0 Å². The Labute approximate surface area is 211 Å².